The topological polar surface area (TPSA) is 9.72 Å². The van der Waals surface area contributed by atoms with Crippen molar-refractivity contribution in [3.8, 4) is 0 Å². The van der Waals surface area contributed by atoms with Crippen LogP contribution in [0.15, 0.2) is 0 Å². The lowest BCUT2D eigenvalue weighted by Gasteiger charge is -2.44. The van der Waals surface area contributed by atoms with E-state index in [0.29, 0.717) is 0 Å². The van der Waals surface area contributed by atoms with Crippen molar-refractivity contribution in [1.29, 1.82) is 0 Å². The van der Waals surface area contributed by atoms with Crippen LogP contribution in [0.3, 0.4) is 0 Å². The molecule has 3 saturated heterocycles. The Bertz CT molecular complexity index is 371. The lowest BCUT2D eigenvalue weighted by molar-refractivity contribution is 0.0485. The third-order valence-corrected chi connectivity index (χ3v) is 7.08. The van der Waals surface area contributed by atoms with Gasteiger partial charge >= 0.3 is 0 Å². The van der Waals surface area contributed by atoms with Crippen LogP contribution in [0.5, 0.6) is 0 Å². The molecular weight excluding hydrogens is 270 g/mol. The summed E-state index contributed by atoms with van der Waals surface area (Å²) >= 11 is 0. The van der Waals surface area contributed by atoms with Crippen molar-refractivity contribution < 1.29 is 0 Å². The molecule has 0 amide bonds. The lowest BCUT2D eigenvalue weighted by atomic mass is 9.98. The van der Waals surface area contributed by atoms with E-state index >= 15 is 0 Å². The second kappa shape index (κ2) is 6.41. The number of fused-ring (bicyclic) bond motifs is 1. The molecule has 126 valence electrons. The maximum absolute atomic E-state index is 2.89. The van der Waals surface area contributed by atoms with Gasteiger partial charge < -0.3 is 4.90 Å². The first-order valence-electron chi connectivity index (χ1n) is 9.85. The molecule has 1 saturated carbocycles. The van der Waals surface area contributed by atoms with Gasteiger partial charge in [0.15, 0.2) is 0 Å². The first-order valence-corrected chi connectivity index (χ1v) is 9.85. The smallest absolute Gasteiger partial charge is 0.0224 e. The van der Waals surface area contributed by atoms with E-state index in [9.17, 15) is 0 Å². The molecule has 0 radical (unpaired) electrons. The zero-order valence-electron chi connectivity index (χ0n) is 14.7. The molecule has 3 nitrogen and oxygen atoms in total. The van der Waals surface area contributed by atoms with Crippen LogP contribution in [0.1, 0.15) is 45.4 Å². The molecule has 4 fully saturated rings. The number of rotatable bonds is 2. The van der Waals surface area contributed by atoms with E-state index in [1.54, 1.807) is 0 Å². The van der Waals surface area contributed by atoms with Crippen molar-refractivity contribution in [2.24, 2.45) is 17.8 Å². The van der Waals surface area contributed by atoms with Crippen molar-refractivity contribution in [2.45, 2.75) is 57.5 Å². The summed E-state index contributed by atoms with van der Waals surface area (Å²) in [6, 6.07) is 1.70. The molecule has 4 aliphatic rings. The molecule has 1 aliphatic carbocycles. The molecule has 0 N–H and O–H groups in total. The summed E-state index contributed by atoms with van der Waals surface area (Å²) in [4.78, 5) is 8.28. The number of nitrogens with zero attached hydrogens (tertiary/aromatic N) is 3. The van der Waals surface area contributed by atoms with Gasteiger partial charge in [-0.1, -0.05) is 6.92 Å². The summed E-state index contributed by atoms with van der Waals surface area (Å²) in [6.45, 7) is 10.6. The highest BCUT2D eigenvalue weighted by atomic mass is 15.3. The fraction of sp³-hybridized carbons (Fsp3) is 1.00. The quantitative estimate of drug-likeness (QED) is 0.776. The fourth-order valence-corrected chi connectivity index (χ4v) is 5.99. The Balaban J connectivity index is 1.34. The average molecular weight is 306 g/mol. The normalized spacial score (nSPS) is 45.3. The Morgan fingerprint density at radius 1 is 0.727 bits per heavy atom. The summed E-state index contributed by atoms with van der Waals surface area (Å²) in [5, 5.41) is 0. The van der Waals surface area contributed by atoms with Gasteiger partial charge in [0.1, 0.15) is 0 Å². The van der Waals surface area contributed by atoms with Crippen LogP contribution in [0.4, 0.5) is 0 Å². The molecule has 4 unspecified atom stereocenters. The second-order valence-corrected chi connectivity index (χ2v) is 8.90. The summed E-state index contributed by atoms with van der Waals surface area (Å²) in [5.41, 5.74) is 0. The van der Waals surface area contributed by atoms with Crippen LogP contribution >= 0.6 is 0 Å². The van der Waals surface area contributed by atoms with Gasteiger partial charge in [0, 0.05) is 38.3 Å². The van der Waals surface area contributed by atoms with Gasteiger partial charge in [-0.15, -0.1) is 0 Å². The monoisotopic (exact) mass is 305 g/mol. The maximum atomic E-state index is 2.89. The van der Waals surface area contributed by atoms with Crippen molar-refractivity contribution in [3.05, 3.63) is 0 Å². The Labute approximate surface area is 137 Å². The lowest BCUT2D eigenvalue weighted by Crippen LogP contribution is -2.54. The summed E-state index contributed by atoms with van der Waals surface area (Å²) < 4.78 is 0. The van der Waals surface area contributed by atoms with Crippen LogP contribution < -0.4 is 0 Å². The second-order valence-electron chi connectivity index (χ2n) is 8.90. The molecule has 0 aromatic carbocycles. The molecule has 0 aromatic heterocycles. The van der Waals surface area contributed by atoms with Crippen molar-refractivity contribution in [2.75, 3.05) is 46.3 Å². The minimum absolute atomic E-state index is 0.837. The molecular formula is C19H35N3. The molecule has 0 bridgehead atoms. The number of hydrogen-bond acceptors (Lipinski definition) is 3. The van der Waals surface area contributed by atoms with Crippen LogP contribution in [0, 0.1) is 17.8 Å². The highest BCUT2D eigenvalue weighted by molar-refractivity contribution is 4.95. The van der Waals surface area contributed by atoms with Gasteiger partial charge in [-0.25, -0.2) is 0 Å². The Morgan fingerprint density at radius 3 is 2.05 bits per heavy atom. The summed E-state index contributed by atoms with van der Waals surface area (Å²) in [5.74, 6) is 3.06. The maximum Gasteiger partial charge on any atom is 0.0224 e. The molecule has 0 aromatic rings. The van der Waals surface area contributed by atoms with Crippen LogP contribution in [0.2, 0.25) is 0 Å². The Hall–Kier alpha value is -0.120. The van der Waals surface area contributed by atoms with Gasteiger partial charge in [0.25, 0.3) is 0 Å². The van der Waals surface area contributed by atoms with Gasteiger partial charge in [-0.2, -0.15) is 0 Å². The molecule has 0 spiro atoms. The van der Waals surface area contributed by atoms with Crippen LogP contribution in [0.25, 0.3) is 0 Å². The molecule has 3 heteroatoms. The first-order chi connectivity index (χ1) is 10.7. The highest BCUT2D eigenvalue weighted by Crippen LogP contribution is 2.42. The molecule has 4 rings (SSSR count). The number of hydrogen-bond donors (Lipinski definition) is 0. The van der Waals surface area contributed by atoms with Gasteiger partial charge in [0.05, 0.1) is 0 Å². The Kier molecular flexibility index (Phi) is 4.49. The predicted molar refractivity (Wildman–Crippen MR) is 92.1 cm³/mol. The standard InChI is InChI=1S/C19H35N3/c1-15-9-16-11-22(12-17(16)10-15)19-6-4-8-21(14-19)18-5-3-7-20(2)13-18/h15-19H,3-14H2,1-2H3. The van der Waals surface area contributed by atoms with Crippen molar-refractivity contribution in [3.63, 3.8) is 0 Å². The van der Waals surface area contributed by atoms with E-state index in [0.717, 1.165) is 29.8 Å². The summed E-state index contributed by atoms with van der Waals surface area (Å²) in [6.07, 6.45) is 8.71. The van der Waals surface area contributed by atoms with E-state index in [4.69, 9.17) is 0 Å². The molecule has 4 atom stereocenters. The van der Waals surface area contributed by atoms with E-state index in [2.05, 4.69) is 28.7 Å². The van der Waals surface area contributed by atoms with Crippen LogP contribution in [-0.4, -0.2) is 73.1 Å². The number of piperidine rings is 2. The number of likely N-dealkylation sites (tertiary alicyclic amines) is 3. The van der Waals surface area contributed by atoms with Crippen molar-refractivity contribution >= 4 is 0 Å². The molecule has 3 aliphatic heterocycles. The third kappa shape index (κ3) is 3.09. The molecule has 22 heavy (non-hydrogen) atoms. The largest absolute Gasteiger partial charge is 0.305 e. The minimum atomic E-state index is 0.837. The van der Waals surface area contributed by atoms with Crippen LogP contribution in [-0.2, 0) is 0 Å². The van der Waals surface area contributed by atoms with E-state index in [-0.39, 0.29) is 0 Å². The highest BCUT2D eigenvalue weighted by Gasteiger charge is 2.42. The van der Waals surface area contributed by atoms with Gasteiger partial charge in [-0.3, -0.25) is 9.80 Å². The summed E-state index contributed by atoms with van der Waals surface area (Å²) in [7, 11) is 2.30. The van der Waals surface area contributed by atoms with Gasteiger partial charge in [0.2, 0.25) is 0 Å². The molecule has 3 heterocycles. The number of likely N-dealkylation sites (N-methyl/N-ethyl adjacent to an activating group) is 1. The first kappa shape index (κ1) is 15.4. The van der Waals surface area contributed by atoms with E-state index in [1.165, 1.54) is 77.8 Å². The zero-order chi connectivity index (χ0) is 15.1. The predicted octanol–water partition coefficient (Wildman–Crippen LogP) is 2.52. The van der Waals surface area contributed by atoms with Crippen molar-refractivity contribution in [1.82, 2.24) is 14.7 Å². The van der Waals surface area contributed by atoms with E-state index in [1.807, 2.05) is 0 Å². The minimum Gasteiger partial charge on any atom is -0.305 e. The third-order valence-electron chi connectivity index (χ3n) is 7.08. The van der Waals surface area contributed by atoms with E-state index < -0.39 is 0 Å². The average Bonchev–Trinajstić information content (AvgIpc) is 3.05. The fourth-order valence-electron chi connectivity index (χ4n) is 5.99. The SMILES string of the molecule is CC1CC2CN(C3CCCN(C4CCCN(C)C4)C3)CC2C1. The van der Waals surface area contributed by atoms with Gasteiger partial charge in [-0.05, 0) is 76.4 Å². The zero-order valence-corrected chi connectivity index (χ0v) is 14.7. The Morgan fingerprint density at radius 2 is 1.36 bits per heavy atom.